The molecule has 4 N–H and O–H groups in total. The number of hydrogen-bond donors (Lipinski definition) is 4. The van der Waals surface area contributed by atoms with Crippen molar-refractivity contribution in [2.24, 2.45) is 69.0 Å². The fraction of sp³-hybridized carbons (Fsp3) is 0.727. The van der Waals surface area contributed by atoms with E-state index in [0.29, 0.717) is 12.8 Å². The van der Waals surface area contributed by atoms with E-state index in [4.69, 9.17) is 4.74 Å². The quantitative estimate of drug-likeness (QED) is 0.305. The molecule has 288 valence electrons. The van der Waals surface area contributed by atoms with Gasteiger partial charge in [-0.25, -0.2) is 0 Å². The van der Waals surface area contributed by atoms with E-state index in [0.717, 1.165) is 24.0 Å². The van der Waals surface area contributed by atoms with Gasteiger partial charge in [-0.1, -0.05) is 64.8 Å². The van der Waals surface area contributed by atoms with Gasteiger partial charge in [0.1, 0.15) is 24.4 Å². The fourth-order valence-corrected chi connectivity index (χ4v) is 14.9. The Labute approximate surface area is 313 Å². The standard InChI is InChI=1S/C44H58O9/c1-23-15-27-29-9-13-43(51,41(29,5)19-33(47)37(27)39(3)11-7-25(45)17-31(23)39)35(49)21-53-22-36(50)44(52)14-10-30-28-16-24(2)32-18-26(46)8-12-40(32,4)38(28)34(48)20-42(30,44)6/h7-8,11-12,17-18,23-24,27-30,33-34,37-38,47-48,51-52H,9-10,13-16,19-22H2,1-6H3/t23-,24+,27-,28-,29-,30-,33+,34-,37+,38+,39+,40-,41-,42+,43-,44+/m0/s1. The zero-order valence-electron chi connectivity index (χ0n) is 32.1. The van der Waals surface area contributed by atoms with Crippen molar-refractivity contribution >= 4 is 23.1 Å². The van der Waals surface area contributed by atoms with E-state index in [1.54, 1.807) is 24.3 Å². The molecule has 0 unspecified atom stereocenters. The third-order valence-electron chi connectivity index (χ3n) is 17.3. The van der Waals surface area contributed by atoms with Gasteiger partial charge in [0, 0.05) is 33.5 Å². The van der Waals surface area contributed by atoms with Crippen molar-refractivity contribution in [2.45, 2.75) is 116 Å². The molecule has 6 saturated carbocycles. The molecule has 8 rings (SSSR count). The van der Waals surface area contributed by atoms with E-state index in [9.17, 15) is 39.6 Å². The maximum Gasteiger partial charge on any atom is 0.190 e. The SMILES string of the molecule is C[C@@H]1C[C@@H]2[C@H]([C@@H](O)C[C@]3(C)[C@H]2CC[C@@]3(O)C(=O)COCC(=O)[C@@]2(O)CC[C@H]3[C@@H]4C[C@H](C)C5=CC(=O)C=C[C@@]5(C)[C@H]4[C@H](O)C[C@@]32C)[C@@]2(C)C=CC(=O)C=C12. The Kier molecular flexibility index (Phi) is 8.44. The largest absolute Gasteiger partial charge is 0.393 e. The molecule has 6 fully saturated rings. The number of fused-ring (bicyclic) bond motifs is 10. The number of aliphatic hydroxyl groups is 4. The van der Waals surface area contributed by atoms with Gasteiger partial charge in [0.2, 0.25) is 0 Å². The summed E-state index contributed by atoms with van der Waals surface area (Å²) in [5.41, 5.74) is -4.12. The summed E-state index contributed by atoms with van der Waals surface area (Å²) in [5, 5.41) is 48.0. The first kappa shape index (κ1) is 37.4. The average Bonchev–Trinajstić information content (AvgIpc) is 3.51. The molecule has 0 spiro atoms. The third-order valence-corrected chi connectivity index (χ3v) is 17.3. The minimum Gasteiger partial charge on any atom is -0.393 e. The first-order chi connectivity index (χ1) is 24.7. The van der Waals surface area contributed by atoms with Gasteiger partial charge >= 0.3 is 0 Å². The molecule has 8 aliphatic carbocycles. The monoisotopic (exact) mass is 730 g/mol. The molecule has 0 aromatic carbocycles. The summed E-state index contributed by atoms with van der Waals surface area (Å²) < 4.78 is 5.82. The molecule has 9 nitrogen and oxygen atoms in total. The van der Waals surface area contributed by atoms with Crippen molar-refractivity contribution in [2.75, 3.05) is 13.2 Å². The summed E-state index contributed by atoms with van der Waals surface area (Å²) in [7, 11) is 0. The van der Waals surface area contributed by atoms with Crippen molar-refractivity contribution in [1.29, 1.82) is 0 Å². The van der Waals surface area contributed by atoms with E-state index in [-0.39, 0.29) is 84.6 Å². The van der Waals surface area contributed by atoms with Gasteiger partial charge in [-0.2, -0.15) is 0 Å². The lowest BCUT2D eigenvalue weighted by Gasteiger charge is -2.60. The number of Topliss-reactive ketones (excluding diaryl/α,β-unsaturated/α-hetero) is 2. The van der Waals surface area contributed by atoms with Gasteiger partial charge in [-0.3, -0.25) is 19.2 Å². The molecule has 0 aromatic heterocycles. The number of carbonyl (C=O) groups is 4. The Morgan fingerprint density at radius 2 is 1.08 bits per heavy atom. The summed E-state index contributed by atoms with van der Waals surface area (Å²) in [4.78, 5) is 52.6. The lowest BCUT2D eigenvalue weighted by Crippen LogP contribution is -2.63. The van der Waals surface area contributed by atoms with Crippen LogP contribution in [0, 0.1) is 69.0 Å². The highest BCUT2D eigenvalue weighted by molar-refractivity contribution is 6.02. The predicted octanol–water partition coefficient (Wildman–Crippen LogP) is 4.65. The molecule has 0 heterocycles. The maximum atomic E-state index is 14.0. The van der Waals surface area contributed by atoms with Crippen LogP contribution in [0.4, 0.5) is 0 Å². The van der Waals surface area contributed by atoms with Crippen LogP contribution in [-0.4, -0.2) is 80.2 Å². The molecule has 9 heteroatoms. The number of allylic oxidation sites excluding steroid dienone is 8. The molecule has 0 saturated heterocycles. The van der Waals surface area contributed by atoms with Crippen molar-refractivity contribution in [3.05, 3.63) is 47.6 Å². The van der Waals surface area contributed by atoms with Crippen molar-refractivity contribution < 1.29 is 44.3 Å². The lowest BCUT2D eigenvalue weighted by atomic mass is 9.45. The Hall–Kier alpha value is -2.56. The molecular formula is C44H58O9. The molecule has 0 radical (unpaired) electrons. The van der Waals surface area contributed by atoms with Crippen LogP contribution < -0.4 is 0 Å². The van der Waals surface area contributed by atoms with Crippen LogP contribution in [0.5, 0.6) is 0 Å². The highest BCUT2D eigenvalue weighted by atomic mass is 16.5. The van der Waals surface area contributed by atoms with Crippen molar-refractivity contribution in [3.63, 3.8) is 0 Å². The normalized spacial score (nSPS) is 52.3. The number of hydrogen-bond acceptors (Lipinski definition) is 9. The summed E-state index contributed by atoms with van der Waals surface area (Å²) in [6.45, 7) is 11.3. The maximum absolute atomic E-state index is 14.0. The number of ether oxygens (including phenoxy) is 1. The second-order valence-electron chi connectivity index (χ2n) is 19.6. The topological polar surface area (TPSA) is 158 Å². The van der Waals surface area contributed by atoms with E-state index in [2.05, 4.69) is 27.7 Å². The Balaban J connectivity index is 0.957. The van der Waals surface area contributed by atoms with Gasteiger partial charge < -0.3 is 25.2 Å². The van der Waals surface area contributed by atoms with Crippen LogP contribution in [0.3, 0.4) is 0 Å². The molecule has 8 aliphatic rings. The molecule has 0 aliphatic heterocycles. The van der Waals surface area contributed by atoms with Gasteiger partial charge in [0.15, 0.2) is 23.1 Å². The summed E-state index contributed by atoms with van der Waals surface area (Å²) in [6.07, 6.45) is 12.7. The van der Waals surface area contributed by atoms with Gasteiger partial charge in [-0.05, 0) is 111 Å². The number of carbonyl (C=O) groups excluding carboxylic acids is 4. The molecule has 0 amide bonds. The predicted molar refractivity (Wildman–Crippen MR) is 196 cm³/mol. The van der Waals surface area contributed by atoms with Crippen molar-refractivity contribution in [3.8, 4) is 0 Å². The molecule has 16 atom stereocenters. The van der Waals surface area contributed by atoms with Crippen LogP contribution in [0.1, 0.15) is 92.9 Å². The second kappa shape index (κ2) is 12.0. The van der Waals surface area contributed by atoms with E-state index >= 15 is 0 Å². The number of aliphatic hydroxyl groups excluding tert-OH is 2. The highest BCUT2D eigenvalue weighted by Gasteiger charge is 2.70. The summed E-state index contributed by atoms with van der Waals surface area (Å²) in [5.74, 6) is -1.04. The lowest BCUT2D eigenvalue weighted by molar-refractivity contribution is -0.185. The summed E-state index contributed by atoms with van der Waals surface area (Å²) >= 11 is 0. The third kappa shape index (κ3) is 4.85. The Bertz CT molecular complexity index is 1650. The number of ketones is 4. The van der Waals surface area contributed by atoms with Crippen molar-refractivity contribution in [1.82, 2.24) is 0 Å². The minimum atomic E-state index is -1.74. The zero-order chi connectivity index (χ0) is 38.3. The fourth-order valence-electron chi connectivity index (χ4n) is 14.9. The van der Waals surface area contributed by atoms with Crippen LogP contribution in [-0.2, 0) is 23.9 Å². The molecule has 0 aromatic rings. The molecule has 53 heavy (non-hydrogen) atoms. The molecule has 0 bridgehead atoms. The van der Waals surface area contributed by atoms with Gasteiger partial charge in [0.25, 0.3) is 0 Å². The summed E-state index contributed by atoms with van der Waals surface area (Å²) in [6, 6.07) is 0. The minimum absolute atomic E-state index is 0.0168. The Morgan fingerprint density at radius 3 is 1.45 bits per heavy atom. The second-order valence-corrected chi connectivity index (χ2v) is 19.6. The van der Waals surface area contributed by atoms with E-state index in [1.165, 1.54) is 0 Å². The van der Waals surface area contributed by atoms with E-state index < -0.39 is 69.9 Å². The number of rotatable bonds is 6. The highest BCUT2D eigenvalue weighted by Crippen LogP contribution is 2.69. The zero-order valence-corrected chi connectivity index (χ0v) is 32.1. The van der Waals surface area contributed by atoms with Crippen LogP contribution >= 0.6 is 0 Å². The molecular weight excluding hydrogens is 672 g/mol. The van der Waals surface area contributed by atoms with Gasteiger partial charge in [-0.15, -0.1) is 0 Å². The Morgan fingerprint density at radius 1 is 0.698 bits per heavy atom. The van der Waals surface area contributed by atoms with E-state index in [1.807, 2.05) is 26.0 Å². The first-order valence-electron chi connectivity index (χ1n) is 20.1. The van der Waals surface area contributed by atoms with Gasteiger partial charge in [0.05, 0.1) is 12.2 Å². The van der Waals surface area contributed by atoms with Crippen LogP contribution in [0.2, 0.25) is 0 Å². The van der Waals surface area contributed by atoms with Crippen LogP contribution in [0.25, 0.3) is 0 Å². The van der Waals surface area contributed by atoms with Crippen LogP contribution in [0.15, 0.2) is 47.6 Å². The first-order valence-corrected chi connectivity index (χ1v) is 20.1. The average molecular weight is 731 g/mol. The smallest absolute Gasteiger partial charge is 0.190 e.